The smallest absolute Gasteiger partial charge is 0.242 e. The van der Waals surface area contributed by atoms with Crippen molar-refractivity contribution in [1.29, 1.82) is 0 Å². The van der Waals surface area contributed by atoms with Gasteiger partial charge in [0.15, 0.2) is 0 Å². The van der Waals surface area contributed by atoms with Crippen LogP contribution in [0.4, 0.5) is 0 Å². The number of nitrogens with two attached hydrogens (primary N) is 1. The lowest BCUT2D eigenvalue weighted by molar-refractivity contribution is -0.151. The van der Waals surface area contributed by atoms with Gasteiger partial charge in [0, 0.05) is 31.4 Å². The van der Waals surface area contributed by atoms with E-state index in [-0.39, 0.29) is 49.7 Å². The first-order valence-electron chi connectivity index (χ1n) is 9.57. The zero-order valence-electron chi connectivity index (χ0n) is 17.3. The van der Waals surface area contributed by atoms with E-state index < -0.39 is 17.4 Å². The summed E-state index contributed by atoms with van der Waals surface area (Å²) in [5.74, 6) is -1.12. The van der Waals surface area contributed by atoms with E-state index in [1.54, 1.807) is 4.90 Å². The van der Waals surface area contributed by atoms with Crippen LogP contribution < -0.4 is 16.4 Å². The Morgan fingerprint density at radius 3 is 2.45 bits per heavy atom. The summed E-state index contributed by atoms with van der Waals surface area (Å²) in [4.78, 5) is 50.8. The van der Waals surface area contributed by atoms with Gasteiger partial charge in [-0.3, -0.25) is 19.2 Å². The predicted molar refractivity (Wildman–Crippen MR) is 109 cm³/mol. The van der Waals surface area contributed by atoms with Crippen molar-refractivity contribution in [2.75, 3.05) is 19.6 Å². The summed E-state index contributed by atoms with van der Waals surface area (Å²) in [7, 11) is 0. The minimum atomic E-state index is -0.993. The van der Waals surface area contributed by atoms with Crippen LogP contribution in [0.15, 0.2) is 6.07 Å². The van der Waals surface area contributed by atoms with Crippen LogP contribution in [-0.4, -0.2) is 58.6 Å². The van der Waals surface area contributed by atoms with Gasteiger partial charge < -0.3 is 21.3 Å². The number of carbonyl (C=O) groups excluding carboxylic acids is 4. The van der Waals surface area contributed by atoms with E-state index in [4.69, 9.17) is 5.73 Å². The summed E-state index contributed by atoms with van der Waals surface area (Å²) in [5.41, 5.74) is 5.44. The first kappa shape index (κ1) is 22.8. The Morgan fingerprint density at radius 1 is 1.31 bits per heavy atom. The minimum Gasteiger partial charge on any atom is -0.369 e. The molecule has 29 heavy (non-hydrogen) atoms. The lowest BCUT2D eigenvalue weighted by atomic mass is 9.78. The molecule has 1 aliphatic rings. The Bertz CT molecular complexity index is 785. The van der Waals surface area contributed by atoms with Crippen LogP contribution in [0.5, 0.6) is 0 Å². The fourth-order valence-corrected chi connectivity index (χ4v) is 4.03. The second-order valence-electron chi connectivity index (χ2n) is 8.11. The van der Waals surface area contributed by atoms with E-state index in [1.165, 1.54) is 18.5 Å². The molecule has 1 fully saturated rings. The summed E-state index contributed by atoms with van der Waals surface area (Å²) < 4.78 is 4.16. The molecule has 1 aromatic heterocycles. The zero-order valence-corrected chi connectivity index (χ0v) is 18.1. The molecule has 2 rings (SSSR count). The molecule has 160 valence electrons. The molecule has 0 saturated carbocycles. The molecule has 9 nitrogen and oxygen atoms in total. The molecule has 0 aromatic carbocycles. The van der Waals surface area contributed by atoms with E-state index in [2.05, 4.69) is 15.0 Å². The number of amides is 4. The van der Waals surface area contributed by atoms with Crippen LogP contribution in [0, 0.1) is 18.3 Å². The standard InChI is InChI=1S/C19H29N5O4S/c1-11(2)5-15(22-13(4)25)17(27)21-8-19(18(20)28)9-24(10-19)16(26)7-14-6-12(3)23-29-14/h6,11,15H,5,7-10H2,1-4H3,(H2,20,28)(H,21,27)(H,22,25)/t15-/m1/s1. The average molecular weight is 424 g/mol. The van der Waals surface area contributed by atoms with Gasteiger partial charge in [0.05, 0.1) is 12.1 Å². The van der Waals surface area contributed by atoms with Crippen molar-refractivity contribution >= 4 is 35.2 Å². The largest absolute Gasteiger partial charge is 0.369 e. The highest BCUT2D eigenvalue weighted by Gasteiger charge is 2.50. The molecular formula is C19H29N5O4S. The van der Waals surface area contributed by atoms with Crippen molar-refractivity contribution in [1.82, 2.24) is 19.9 Å². The Balaban J connectivity index is 1.93. The number of likely N-dealkylation sites (tertiary alicyclic amines) is 1. The van der Waals surface area contributed by atoms with Crippen molar-refractivity contribution < 1.29 is 19.2 Å². The van der Waals surface area contributed by atoms with E-state index in [0.717, 1.165) is 10.6 Å². The van der Waals surface area contributed by atoms with Gasteiger partial charge in [-0.25, -0.2) is 0 Å². The molecule has 10 heteroatoms. The third-order valence-corrected chi connectivity index (χ3v) is 5.74. The summed E-state index contributed by atoms with van der Waals surface area (Å²) >= 11 is 1.28. The molecule has 0 radical (unpaired) electrons. The van der Waals surface area contributed by atoms with Crippen molar-refractivity contribution in [2.24, 2.45) is 17.1 Å². The maximum absolute atomic E-state index is 12.5. The molecular weight excluding hydrogens is 394 g/mol. The maximum Gasteiger partial charge on any atom is 0.242 e. The Kier molecular flexibility index (Phi) is 7.34. The predicted octanol–water partition coefficient (Wildman–Crippen LogP) is -0.0251. The Hall–Kier alpha value is -2.49. The quantitative estimate of drug-likeness (QED) is 0.513. The second-order valence-corrected chi connectivity index (χ2v) is 9.00. The van der Waals surface area contributed by atoms with E-state index in [9.17, 15) is 19.2 Å². The zero-order chi connectivity index (χ0) is 21.8. The molecule has 0 bridgehead atoms. The second kappa shape index (κ2) is 9.34. The van der Waals surface area contributed by atoms with Crippen LogP contribution in [0.2, 0.25) is 0 Å². The van der Waals surface area contributed by atoms with Crippen molar-refractivity contribution in [3.05, 3.63) is 16.6 Å². The van der Waals surface area contributed by atoms with Gasteiger partial charge >= 0.3 is 0 Å². The molecule has 1 aliphatic heterocycles. The monoisotopic (exact) mass is 423 g/mol. The summed E-state index contributed by atoms with van der Waals surface area (Å²) in [6, 6.07) is 1.19. The fourth-order valence-electron chi connectivity index (χ4n) is 3.30. The van der Waals surface area contributed by atoms with Crippen LogP contribution >= 0.6 is 11.5 Å². The molecule has 1 atom stereocenters. The molecule has 0 spiro atoms. The first-order valence-corrected chi connectivity index (χ1v) is 10.3. The molecule has 1 saturated heterocycles. The summed E-state index contributed by atoms with van der Waals surface area (Å²) in [6.45, 7) is 7.47. The third-order valence-electron chi connectivity index (χ3n) is 4.87. The normalized spacial score (nSPS) is 16.1. The number of primary amides is 1. The molecule has 1 aromatic rings. The number of hydrogen-bond donors (Lipinski definition) is 3. The Morgan fingerprint density at radius 2 is 1.97 bits per heavy atom. The number of aryl methyl sites for hydroxylation is 1. The highest BCUT2D eigenvalue weighted by Crippen LogP contribution is 2.30. The van der Waals surface area contributed by atoms with Crippen LogP contribution in [0.1, 0.15) is 37.8 Å². The van der Waals surface area contributed by atoms with Gasteiger partial charge in [0.1, 0.15) is 11.5 Å². The van der Waals surface area contributed by atoms with Crippen LogP contribution in [0.25, 0.3) is 0 Å². The summed E-state index contributed by atoms with van der Waals surface area (Å²) in [5, 5.41) is 5.36. The third kappa shape index (κ3) is 5.99. The fraction of sp³-hybridized carbons (Fsp3) is 0.632. The molecule has 0 aliphatic carbocycles. The molecule has 0 unspecified atom stereocenters. The highest BCUT2D eigenvalue weighted by atomic mass is 32.1. The number of rotatable bonds is 9. The lowest BCUT2D eigenvalue weighted by Crippen LogP contribution is -2.68. The van der Waals surface area contributed by atoms with Crippen LogP contribution in [0.3, 0.4) is 0 Å². The average Bonchev–Trinajstić information content (AvgIpc) is 2.96. The van der Waals surface area contributed by atoms with Crippen molar-refractivity contribution in [2.45, 2.75) is 46.6 Å². The number of nitrogens with one attached hydrogen (secondary N) is 2. The maximum atomic E-state index is 12.5. The minimum absolute atomic E-state index is 0.0266. The lowest BCUT2D eigenvalue weighted by Gasteiger charge is -2.48. The van der Waals surface area contributed by atoms with Crippen molar-refractivity contribution in [3.8, 4) is 0 Å². The molecule has 4 amide bonds. The van der Waals surface area contributed by atoms with E-state index in [0.29, 0.717) is 6.42 Å². The highest BCUT2D eigenvalue weighted by molar-refractivity contribution is 7.05. The van der Waals surface area contributed by atoms with Gasteiger partial charge in [-0.1, -0.05) is 13.8 Å². The number of nitrogens with zero attached hydrogens (tertiary/aromatic N) is 2. The molecule has 4 N–H and O–H groups in total. The van der Waals surface area contributed by atoms with Gasteiger partial charge in [-0.2, -0.15) is 4.37 Å². The van der Waals surface area contributed by atoms with Gasteiger partial charge in [-0.15, -0.1) is 0 Å². The number of hydrogen-bond acceptors (Lipinski definition) is 6. The molecule has 2 heterocycles. The van der Waals surface area contributed by atoms with E-state index >= 15 is 0 Å². The van der Waals surface area contributed by atoms with Crippen molar-refractivity contribution in [3.63, 3.8) is 0 Å². The van der Waals surface area contributed by atoms with Gasteiger partial charge in [-0.05, 0) is 36.9 Å². The number of carbonyl (C=O) groups is 4. The van der Waals surface area contributed by atoms with Crippen LogP contribution in [-0.2, 0) is 25.6 Å². The van der Waals surface area contributed by atoms with E-state index in [1.807, 2.05) is 26.8 Å². The number of aromatic nitrogens is 1. The van der Waals surface area contributed by atoms with Gasteiger partial charge in [0.2, 0.25) is 23.6 Å². The summed E-state index contributed by atoms with van der Waals surface area (Å²) in [6.07, 6.45) is 0.708. The topological polar surface area (TPSA) is 134 Å². The SMILES string of the molecule is CC(=O)N[C@H](CC(C)C)C(=O)NCC1(C(N)=O)CN(C(=O)Cc2cc(C)ns2)C1. The van der Waals surface area contributed by atoms with Gasteiger partial charge in [0.25, 0.3) is 0 Å². The Labute approximate surface area is 174 Å². The first-order chi connectivity index (χ1) is 13.5.